The van der Waals surface area contributed by atoms with Crippen LogP contribution in [0.3, 0.4) is 0 Å². The standard InChI is InChI=1S/C16H30N2O3/c1-14(2,3)13(20)18-10-8-9-11(18)12(19)17-15(4,5)16(6,7)21/h11,21H,8-10H2,1-7H3,(H,17,19). The predicted octanol–water partition coefficient (Wildman–Crippen LogP) is 1.69. The Morgan fingerprint density at radius 1 is 1.10 bits per heavy atom. The third-order valence-corrected chi connectivity index (χ3v) is 4.42. The summed E-state index contributed by atoms with van der Waals surface area (Å²) in [6, 6.07) is -0.432. The first-order chi connectivity index (χ1) is 9.27. The Labute approximate surface area is 128 Å². The molecule has 1 aliphatic rings. The van der Waals surface area contributed by atoms with Crippen LogP contribution in [-0.2, 0) is 9.59 Å². The van der Waals surface area contributed by atoms with Crippen LogP contribution in [0.1, 0.15) is 61.3 Å². The minimum atomic E-state index is -1.04. The highest BCUT2D eigenvalue weighted by Gasteiger charge is 2.42. The van der Waals surface area contributed by atoms with E-state index in [1.807, 2.05) is 20.8 Å². The van der Waals surface area contributed by atoms with E-state index in [0.29, 0.717) is 13.0 Å². The molecule has 0 aliphatic carbocycles. The Hall–Kier alpha value is -1.10. The molecule has 0 saturated carbocycles. The quantitative estimate of drug-likeness (QED) is 0.833. The number of likely N-dealkylation sites (tertiary alicyclic amines) is 1. The molecule has 5 heteroatoms. The van der Waals surface area contributed by atoms with Crippen LogP contribution in [0.15, 0.2) is 0 Å². The molecule has 1 fully saturated rings. The number of hydrogen-bond donors (Lipinski definition) is 2. The molecule has 2 amide bonds. The maximum Gasteiger partial charge on any atom is 0.243 e. The minimum Gasteiger partial charge on any atom is -0.388 e. The maximum atomic E-state index is 12.5. The van der Waals surface area contributed by atoms with Crippen LogP contribution in [0.25, 0.3) is 0 Å². The molecule has 122 valence electrons. The summed E-state index contributed by atoms with van der Waals surface area (Å²) in [6.45, 7) is 13.1. The average molecular weight is 298 g/mol. The summed E-state index contributed by atoms with van der Waals surface area (Å²) in [5.41, 5.74) is -2.29. The topological polar surface area (TPSA) is 69.6 Å². The van der Waals surface area contributed by atoms with Gasteiger partial charge in [-0.1, -0.05) is 20.8 Å². The highest BCUT2D eigenvalue weighted by atomic mass is 16.3. The zero-order chi connectivity index (χ0) is 16.6. The summed E-state index contributed by atoms with van der Waals surface area (Å²) in [7, 11) is 0. The van der Waals surface area contributed by atoms with Gasteiger partial charge in [-0.05, 0) is 40.5 Å². The molecular weight excluding hydrogens is 268 g/mol. The van der Waals surface area contributed by atoms with Gasteiger partial charge in [0.15, 0.2) is 0 Å². The molecule has 2 N–H and O–H groups in total. The van der Waals surface area contributed by atoms with Gasteiger partial charge in [-0.3, -0.25) is 9.59 Å². The van der Waals surface area contributed by atoms with Crippen molar-refractivity contribution in [2.75, 3.05) is 6.54 Å². The van der Waals surface area contributed by atoms with Crippen molar-refractivity contribution in [2.45, 2.75) is 78.5 Å². The van der Waals surface area contributed by atoms with Gasteiger partial charge in [-0.25, -0.2) is 0 Å². The Bertz CT molecular complexity index is 416. The summed E-state index contributed by atoms with van der Waals surface area (Å²) in [6.07, 6.45) is 1.51. The molecule has 0 aromatic heterocycles. The van der Waals surface area contributed by atoms with E-state index in [0.717, 1.165) is 6.42 Å². The fraction of sp³-hybridized carbons (Fsp3) is 0.875. The molecule has 5 nitrogen and oxygen atoms in total. The highest BCUT2D eigenvalue weighted by Crippen LogP contribution is 2.27. The summed E-state index contributed by atoms with van der Waals surface area (Å²) in [5.74, 6) is -0.182. The molecular formula is C16H30N2O3. The van der Waals surface area contributed by atoms with Gasteiger partial charge in [0.25, 0.3) is 0 Å². The molecule has 1 atom stereocenters. The Balaban J connectivity index is 2.85. The van der Waals surface area contributed by atoms with Gasteiger partial charge in [0.1, 0.15) is 6.04 Å². The number of rotatable bonds is 3. The molecule has 21 heavy (non-hydrogen) atoms. The van der Waals surface area contributed by atoms with Crippen LogP contribution in [0.2, 0.25) is 0 Å². The second-order valence-electron chi connectivity index (χ2n) is 8.08. The first-order valence-electron chi connectivity index (χ1n) is 7.63. The lowest BCUT2D eigenvalue weighted by atomic mass is 9.85. The van der Waals surface area contributed by atoms with Crippen molar-refractivity contribution < 1.29 is 14.7 Å². The van der Waals surface area contributed by atoms with E-state index in [4.69, 9.17) is 0 Å². The Morgan fingerprint density at radius 3 is 2.05 bits per heavy atom. The van der Waals surface area contributed by atoms with E-state index >= 15 is 0 Å². The number of carbonyl (C=O) groups is 2. The van der Waals surface area contributed by atoms with Crippen molar-refractivity contribution in [1.82, 2.24) is 10.2 Å². The molecule has 0 radical (unpaired) electrons. The third kappa shape index (κ3) is 3.96. The number of nitrogens with zero attached hydrogens (tertiary/aromatic N) is 1. The summed E-state index contributed by atoms with van der Waals surface area (Å²) in [4.78, 5) is 26.7. The third-order valence-electron chi connectivity index (χ3n) is 4.42. The second kappa shape index (κ2) is 5.59. The summed E-state index contributed by atoms with van der Waals surface area (Å²) < 4.78 is 0. The van der Waals surface area contributed by atoms with Gasteiger partial charge in [0, 0.05) is 12.0 Å². The van der Waals surface area contributed by atoms with E-state index in [1.165, 1.54) is 0 Å². The van der Waals surface area contributed by atoms with E-state index in [-0.39, 0.29) is 11.8 Å². The molecule has 0 bridgehead atoms. The lowest BCUT2D eigenvalue weighted by Gasteiger charge is -2.39. The molecule has 1 rings (SSSR count). The number of hydrogen-bond acceptors (Lipinski definition) is 3. The van der Waals surface area contributed by atoms with Crippen molar-refractivity contribution in [3.8, 4) is 0 Å². The Kier molecular flexibility index (Phi) is 4.78. The van der Waals surface area contributed by atoms with Crippen LogP contribution in [-0.4, -0.2) is 45.5 Å². The fourth-order valence-corrected chi connectivity index (χ4v) is 2.26. The van der Waals surface area contributed by atoms with Crippen molar-refractivity contribution in [2.24, 2.45) is 5.41 Å². The fourth-order valence-electron chi connectivity index (χ4n) is 2.26. The minimum absolute atomic E-state index is 0.00112. The van der Waals surface area contributed by atoms with Crippen LogP contribution in [0, 0.1) is 5.41 Å². The van der Waals surface area contributed by atoms with Crippen molar-refractivity contribution in [3.63, 3.8) is 0 Å². The molecule has 1 heterocycles. The molecule has 0 aromatic carbocycles. The number of nitrogens with one attached hydrogen (secondary N) is 1. The van der Waals surface area contributed by atoms with Crippen molar-refractivity contribution in [3.05, 3.63) is 0 Å². The van der Waals surface area contributed by atoms with Crippen LogP contribution >= 0.6 is 0 Å². The van der Waals surface area contributed by atoms with E-state index in [9.17, 15) is 14.7 Å². The van der Waals surface area contributed by atoms with Gasteiger partial charge < -0.3 is 15.3 Å². The summed E-state index contributed by atoms with van der Waals surface area (Å²) >= 11 is 0. The van der Waals surface area contributed by atoms with Crippen LogP contribution in [0.4, 0.5) is 0 Å². The SMILES string of the molecule is CC(C)(C)C(=O)N1CCCC1C(=O)NC(C)(C)C(C)(C)O. The molecule has 0 aromatic rings. The van der Waals surface area contributed by atoms with Crippen LogP contribution in [0.5, 0.6) is 0 Å². The van der Waals surface area contributed by atoms with Gasteiger partial charge in [-0.2, -0.15) is 0 Å². The monoisotopic (exact) mass is 298 g/mol. The first-order valence-corrected chi connectivity index (χ1v) is 7.63. The normalized spacial score (nSPS) is 20.6. The zero-order valence-electron chi connectivity index (χ0n) is 14.4. The first kappa shape index (κ1) is 18.0. The van der Waals surface area contributed by atoms with Crippen molar-refractivity contribution in [1.29, 1.82) is 0 Å². The summed E-state index contributed by atoms with van der Waals surface area (Å²) in [5, 5.41) is 13.0. The van der Waals surface area contributed by atoms with Gasteiger partial charge in [0.2, 0.25) is 11.8 Å². The van der Waals surface area contributed by atoms with Gasteiger partial charge >= 0.3 is 0 Å². The smallest absolute Gasteiger partial charge is 0.243 e. The molecule has 1 aliphatic heterocycles. The molecule has 0 spiro atoms. The maximum absolute atomic E-state index is 12.5. The second-order valence-corrected chi connectivity index (χ2v) is 8.08. The van der Waals surface area contributed by atoms with Gasteiger partial charge in [0.05, 0.1) is 11.1 Å². The molecule has 1 saturated heterocycles. The van der Waals surface area contributed by atoms with E-state index in [1.54, 1.807) is 32.6 Å². The van der Waals surface area contributed by atoms with Crippen LogP contribution < -0.4 is 5.32 Å². The average Bonchev–Trinajstić information content (AvgIpc) is 2.72. The van der Waals surface area contributed by atoms with Gasteiger partial charge in [-0.15, -0.1) is 0 Å². The number of aliphatic hydroxyl groups is 1. The highest BCUT2D eigenvalue weighted by molar-refractivity contribution is 5.90. The van der Waals surface area contributed by atoms with E-state index in [2.05, 4.69) is 5.32 Å². The lowest BCUT2D eigenvalue weighted by Crippen LogP contribution is -2.61. The lowest BCUT2D eigenvalue weighted by molar-refractivity contribution is -0.146. The number of carbonyl (C=O) groups excluding carboxylic acids is 2. The van der Waals surface area contributed by atoms with Crippen molar-refractivity contribution >= 4 is 11.8 Å². The number of amides is 2. The Morgan fingerprint density at radius 2 is 1.62 bits per heavy atom. The molecule has 1 unspecified atom stereocenters. The predicted molar refractivity (Wildman–Crippen MR) is 82.7 cm³/mol. The van der Waals surface area contributed by atoms with E-state index < -0.39 is 22.6 Å². The zero-order valence-corrected chi connectivity index (χ0v) is 14.4. The largest absolute Gasteiger partial charge is 0.388 e.